The summed E-state index contributed by atoms with van der Waals surface area (Å²) in [5.41, 5.74) is 9.57. The molecule has 0 aliphatic heterocycles. The van der Waals surface area contributed by atoms with Crippen molar-refractivity contribution in [3.63, 3.8) is 0 Å². The topological polar surface area (TPSA) is 110 Å². The van der Waals surface area contributed by atoms with Crippen molar-refractivity contribution < 1.29 is 14.7 Å². The Bertz CT molecular complexity index is 975. The van der Waals surface area contributed by atoms with E-state index in [4.69, 9.17) is 5.73 Å². The standard InChI is InChI=1S/C18H16N4O3/c19-17(24)11-22-10-13(15-6-1-2-7-16(15)22)9-20-21-18(25)12-4-3-5-14(23)8-12/h1-10,23H,11H2,(H2,19,24)(H,21,25)/b20-9+. The molecule has 0 spiro atoms. The highest BCUT2D eigenvalue weighted by atomic mass is 16.3. The van der Waals surface area contributed by atoms with Gasteiger partial charge in [0.25, 0.3) is 5.91 Å². The summed E-state index contributed by atoms with van der Waals surface area (Å²) in [7, 11) is 0. The number of carbonyl (C=O) groups is 2. The number of amides is 2. The average molecular weight is 336 g/mol. The van der Waals surface area contributed by atoms with Gasteiger partial charge in [0.1, 0.15) is 12.3 Å². The van der Waals surface area contributed by atoms with Crippen LogP contribution in [0, 0.1) is 0 Å². The molecule has 2 amide bonds. The highest BCUT2D eigenvalue weighted by molar-refractivity contribution is 6.01. The number of fused-ring (bicyclic) bond motifs is 1. The minimum Gasteiger partial charge on any atom is -0.508 e. The van der Waals surface area contributed by atoms with Gasteiger partial charge in [0.2, 0.25) is 5.91 Å². The largest absolute Gasteiger partial charge is 0.508 e. The van der Waals surface area contributed by atoms with Crippen LogP contribution in [0.1, 0.15) is 15.9 Å². The first-order valence-corrected chi connectivity index (χ1v) is 7.53. The lowest BCUT2D eigenvalue weighted by atomic mass is 10.2. The molecule has 7 nitrogen and oxygen atoms in total. The molecule has 3 aromatic rings. The number of nitrogens with one attached hydrogen (secondary N) is 1. The number of phenolic OH excluding ortho intramolecular Hbond substituents is 1. The molecule has 4 N–H and O–H groups in total. The summed E-state index contributed by atoms with van der Waals surface area (Å²) < 4.78 is 1.73. The van der Waals surface area contributed by atoms with Gasteiger partial charge in [-0.15, -0.1) is 0 Å². The lowest BCUT2D eigenvalue weighted by molar-refractivity contribution is -0.118. The second-order valence-corrected chi connectivity index (χ2v) is 5.45. The van der Waals surface area contributed by atoms with Gasteiger partial charge < -0.3 is 15.4 Å². The first-order chi connectivity index (χ1) is 12.0. The zero-order valence-corrected chi connectivity index (χ0v) is 13.2. The number of phenols is 1. The van der Waals surface area contributed by atoms with Gasteiger partial charge in [0.05, 0.1) is 6.21 Å². The minimum absolute atomic E-state index is 0.00570. The fourth-order valence-corrected chi connectivity index (χ4v) is 2.55. The first kappa shape index (κ1) is 16.3. The first-order valence-electron chi connectivity index (χ1n) is 7.53. The predicted octanol–water partition coefficient (Wildman–Crippen LogP) is 1.60. The van der Waals surface area contributed by atoms with Crippen LogP contribution < -0.4 is 11.2 Å². The normalized spacial score (nSPS) is 11.0. The van der Waals surface area contributed by atoms with Crippen molar-refractivity contribution in [2.45, 2.75) is 6.54 Å². The maximum atomic E-state index is 12.0. The van der Waals surface area contributed by atoms with E-state index in [-0.39, 0.29) is 12.3 Å². The molecule has 0 bridgehead atoms. The van der Waals surface area contributed by atoms with Gasteiger partial charge in [0, 0.05) is 28.2 Å². The van der Waals surface area contributed by atoms with E-state index in [1.165, 1.54) is 18.3 Å². The van der Waals surface area contributed by atoms with Crippen molar-refractivity contribution in [3.05, 3.63) is 65.9 Å². The smallest absolute Gasteiger partial charge is 0.271 e. The Kier molecular flexibility index (Phi) is 4.47. The number of para-hydroxylation sites is 1. The second-order valence-electron chi connectivity index (χ2n) is 5.45. The Morgan fingerprint density at radius 1 is 1.20 bits per heavy atom. The molecule has 25 heavy (non-hydrogen) atoms. The third-order valence-corrected chi connectivity index (χ3v) is 3.62. The van der Waals surface area contributed by atoms with Crippen LogP contribution in [0.15, 0.2) is 59.8 Å². The minimum atomic E-state index is -0.443. The summed E-state index contributed by atoms with van der Waals surface area (Å²) in [6, 6.07) is 13.5. The fraction of sp³-hybridized carbons (Fsp3) is 0.0556. The van der Waals surface area contributed by atoms with E-state index in [0.717, 1.165) is 16.5 Å². The number of nitrogens with two attached hydrogens (primary N) is 1. The fourth-order valence-electron chi connectivity index (χ4n) is 2.55. The average Bonchev–Trinajstić information content (AvgIpc) is 2.92. The molecule has 7 heteroatoms. The SMILES string of the molecule is NC(=O)Cn1cc(/C=N/NC(=O)c2cccc(O)c2)c2ccccc21. The molecule has 0 aliphatic carbocycles. The molecule has 1 aromatic heterocycles. The van der Waals surface area contributed by atoms with E-state index in [2.05, 4.69) is 10.5 Å². The molecule has 0 saturated carbocycles. The van der Waals surface area contributed by atoms with E-state index in [9.17, 15) is 14.7 Å². The summed E-state index contributed by atoms with van der Waals surface area (Å²) >= 11 is 0. The zero-order valence-electron chi connectivity index (χ0n) is 13.2. The van der Waals surface area contributed by atoms with Gasteiger partial charge in [0.15, 0.2) is 0 Å². The van der Waals surface area contributed by atoms with E-state index in [1.807, 2.05) is 24.3 Å². The number of carbonyl (C=O) groups excluding carboxylic acids is 2. The van der Waals surface area contributed by atoms with Gasteiger partial charge in [-0.1, -0.05) is 24.3 Å². The maximum Gasteiger partial charge on any atom is 0.271 e. The Morgan fingerprint density at radius 2 is 2.00 bits per heavy atom. The number of nitrogens with zero attached hydrogens (tertiary/aromatic N) is 2. The van der Waals surface area contributed by atoms with Crippen molar-refractivity contribution in [3.8, 4) is 5.75 Å². The molecule has 126 valence electrons. The summed E-state index contributed by atoms with van der Waals surface area (Å²) in [5.74, 6) is -0.874. The quantitative estimate of drug-likeness (QED) is 0.486. The molecule has 1 heterocycles. The second kappa shape index (κ2) is 6.88. The molecular weight excluding hydrogens is 320 g/mol. The Labute approximate surface area is 143 Å². The van der Waals surface area contributed by atoms with Crippen LogP contribution in [0.25, 0.3) is 10.9 Å². The molecule has 0 saturated heterocycles. The van der Waals surface area contributed by atoms with Crippen LogP contribution in [0.4, 0.5) is 0 Å². The van der Waals surface area contributed by atoms with Gasteiger partial charge >= 0.3 is 0 Å². The Balaban J connectivity index is 1.81. The molecule has 0 unspecified atom stereocenters. The van der Waals surface area contributed by atoms with E-state index >= 15 is 0 Å². The highest BCUT2D eigenvalue weighted by Crippen LogP contribution is 2.19. The summed E-state index contributed by atoms with van der Waals surface area (Å²) in [6.07, 6.45) is 3.25. The molecule has 0 fully saturated rings. The molecule has 2 aromatic carbocycles. The molecular formula is C18H16N4O3. The molecule has 3 rings (SSSR count). The molecule has 0 radical (unpaired) electrons. The lowest BCUT2D eigenvalue weighted by Crippen LogP contribution is -2.18. The Hall–Kier alpha value is -3.61. The van der Waals surface area contributed by atoms with Gasteiger partial charge in [-0.3, -0.25) is 9.59 Å². The van der Waals surface area contributed by atoms with E-state index < -0.39 is 11.8 Å². The highest BCUT2D eigenvalue weighted by Gasteiger charge is 2.09. The maximum absolute atomic E-state index is 12.0. The number of aromatic nitrogens is 1. The third-order valence-electron chi connectivity index (χ3n) is 3.62. The van der Waals surface area contributed by atoms with Gasteiger partial charge in [-0.25, -0.2) is 5.43 Å². The summed E-state index contributed by atoms with van der Waals surface area (Å²) in [5, 5.41) is 14.2. The van der Waals surface area contributed by atoms with E-state index in [1.54, 1.807) is 22.9 Å². The van der Waals surface area contributed by atoms with Crippen molar-refractivity contribution in [1.82, 2.24) is 9.99 Å². The van der Waals surface area contributed by atoms with Crippen molar-refractivity contribution in [2.75, 3.05) is 0 Å². The third kappa shape index (κ3) is 3.66. The van der Waals surface area contributed by atoms with E-state index in [0.29, 0.717) is 5.56 Å². The number of aromatic hydroxyl groups is 1. The number of rotatable bonds is 5. The van der Waals surface area contributed by atoms with Crippen LogP contribution >= 0.6 is 0 Å². The zero-order chi connectivity index (χ0) is 17.8. The van der Waals surface area contributed by atoms with Crippen molar-refractivity contribution in [2.24, 2.45) is 10.8 Å². The van der Waals surface area contributed by atoms with Crippen molar-refractivity contribution in [1.29, 1.82) is 0 Å². The predicted molar refractivity (Wildman–Crippen MR) is 94.3 cm³/mol. The number of primary amides is 1. The van der Waals surface area contributed by atoms with Crippen molar-refractivity contribution >= 4 is 28.9 Å². The van der Waals surface area contributed by atoms with Crippen LogP contribution in [-0.2, 0) is 11.3 Å². The summed E-state index contributed by atoms with van der Waals surface area (Å²) in [4.78, 5) is 23.2. The number of hydrogen-bond donors (Lipinski definition) is 3. The lowest BCUT2D eigenvalue weighted by Gasteiger charge is -2.00. The van der Waals surface area contributed by atoms with Crippen LogP contribution in [0.3, 0.4) is 0 Å². The monoisotopic (exact) mass is 336 g/mol. The van der Waals surface area contributed by atoms with Crippen LogP contribution in [-0.4, -0.2) is 27.7 Å². The summed E-state index contributed by atoms with van der Waals surface area (Å²) in [6.45, 7) is 0.0595. The number of hydrogen-bond acceptors (Lipinski definition) is 4. The van der Waals surface area contributed by atoms with Gasteiger partial charge in [-0.2, -0.15) is 5.10 Å². The molecule has 0 aliphatic rings. The molecule has 0 atom stereocenters. The Morgan fingerprint density at radius 3 is 2.76 bits per heavy atom. The number of benzene rings is 2. The van der Waals surface area contributed by atoms with Crippen LogP contribution in [0.5, 0.6) is 5.75 Å². The number of hydrazone groups is 1. The van der Waals surface area contributed by atoms with Gasteiger partial charge in [-0.05, 0) is 24.3 Å². The van der Waals surface area contributed by atoms with Crippen LogP contribution in [0.2, 0.25) is 0 Å².